The Labute approximate surface area is 76.0 Å². The van der Waals surface area contributed by atoms with E-state index in [2.05, 4.69) is 4.74 Å². The molecule has 1 nitrogen and oxygen atoms in total. The molecule has 0 unspecified atom stereocenters. The highest BCUT2D eigenvalue weighted by atomic mass is 19.4. The fourth-order valence-corrected chi connectivity index (χ4v) is 1.39. The quantitative estimate of drug-likeness (QED) is 0.491. The van der Waals surface area contributed by atoms with E-state index in [0.29, 0.717) is 0 Å². The molecule has 0 aromatic heterocycles. The maximum Gasteiger partial charge on any atom is 0.429 e. The molecule has 14 heavy (non-hydrogen) atoms. The van der Waals surface area contributed by atoms with Crippen LogP contribution in [0.15, 0.2) is 0 Å². The van der Waals surface area contributed by atoms with Crippen LogP contribution in [0.2, 0.25) is 0 Å². The van der Waals surface area contributed by atoms with E-state index >= 15 is 0 Å². The Kier molecular flexibility index (Phi) is 2.30. The van der Waals surface area contributed by atoms with Crippen LogP contribution in [0.25, 0.3) is 0 Å². The van der Waals surface area contributed by atoms with Crippen molar-refractivity contribution in [2.24, 2.45) is 5.92 Å². The highest BCUT2D eigenvalue weighted by molar-refractivity contribution is 5.14. The van der Waals surface area contributed by atoms with Gasteiger partial charge in [-0.05, 0) is 5.92 Å². The second-order valence-electron chi connectivity index (χ2n) is 3.51. The zero-order chi connectivity index (χ0) is 11.4. The molecule has 1 fully saturated rings. The molecule has 0 amide bonds. The lowest BCUT2D eigenvalue weighted by Gasteiger charge is -2.20. The lowest BCUT2D eigenvalue weighted by Crippen LogP contribution is -2.49. The molecule has 7 heteroatoms. The first-order valence-corrected chi connectivity index (χ1v) is 3.85. The van der Waals surface area contributed by atoms with Crippen LogP contribution in [-0.4, -0.2) is 24.1 Å². The minimum atomic E-state index is -5.40. The molecule has 0 N–H and O–H groups in total. The van der Waals surface area contributed by atoms with Crippen LogP contribution in [-0.2, 0) is 4.74 Å². The molecule has 0 bridgehead atoms. The predicted octanol–water partition coefficient (Wildman–Crippen LogP) is 2.90. The van der Waals surface area contributed by atoms with Crippen molar-refractivity contribution >= 4 is 0 Å². The average molecular weight is 222 g/mol. The van der Waals surface area contributed by atoms with Crippen LogP contribution in [0.4, 0.5) is 26.3 Å². The summed E-state index contributed by atoms with van der Waals surface area (Å²) in [5.41, 5.74) is -3.94. The fourth-order valence-electron chi connectivity index (χ4n) is 1.39. The van der Waals surface area contributed by atoms with Crippen molar-refractivity contribution in [2.75, 3.05) is 0 Å². The number of halogens is 6. The maximum atomic E-state index is 12.2. The van der Waals surface area contributed by atoms with Crippen LogP contribution in [0.3, 0.4) is 0 Å². The lowest BCUT2D eigenvalue weighted by molar-refractivity contribution is -0.292. The number of ether oxygens (including phenoxy) is 1. The second kappa shape index (κ2) is 2.77. The summed E-state index contributed by atoms with van der Waals surface area (Å²) in [6.07, 6.45) is -12.6. The van der Waals surface area contributed by atoms with Crippen LogP contribution in [0.1, 0.15) is 13.8 Å². The van der Waals surface area contributed by atoms with Gasteiger partial charge < -0.3 is 4.74 Å². The summed E-state index contributed by atoms with van der Waals surface area (Å²) in [6, 6.07) is 0. The molecule has 0 radical (unpaired) electrons. The van der Waals surface area contributed by atoms with E-state index in [1.54, 1.807) is 0 Å². The van der Waals surface area contributed by atoms with Crippen molar-refractivity contribution in [1.29, 1.82) is 0 Å². The molecule has 1 aliphatic heterocycles. The fraction of sp³-hybridized carbons (Fsp3) is 1.00. The summed E-state index contributed by atoms with van der Waals surface area (Å²) in [4.78, 5) is 0. The first-order chi connectivity index (χ1) is 6.04. The maximum absolute atomic E-state index is 12.2. The van der Waals surface area contributed by atoms with Gasteiger partial charge in [0.2, 0.25) is 0 Å². The summed E-state index contributed by atoms with van der Waals surface area (Å²) in [7, 11) is 0. The topological polar surface area (TPSA) is 12.5 Å². The number of alkyl halides is 6. The summed E-state index contributed by atoms with van der Waals surface area (Å²) in [6.45, 7) is 2.51. The number of epoxide rings is 1. The van der Waals surface area contributed by atoms with E-state index in [9.17, 15) is 26.3 Å². The first kappa shape index (κ1) is 11.6. The highest BCUT2D eigenvalue weighted by Gasteiger charge is 2.86. The average Bonchev–Trinajstić information content (AvgIpc) is 2.54. The van der Waals surface area contributed by atoms with Crippen molar-refractivity contribution in [2.45, 2.75) is 37.9 Å². The van der Waals surface area contributed by atoms with Gasteiger partial charge in [-0.25, -0.2) is 0 Å². The summed E-state index contributed by atoms with van der Waals surface area (Å²) < 4.78 is 76.8. The third kappa shape index (κ3) is 1.37. The number of hydrogen-bond acceptors (Lipinski definition) is 1. The van der Waals surface area contributed by atoms with Gasteiger partial charge in [-0.2, -0.15) is 26.3 Å². The Bertz CT molecular complexity index is 213. The van der Waals surface area contributed by atoms with Gasteiger partial charge in [0.15, 0.2) is 0 Å². The Balaban J connectivity index is 3.00. The molecular formula is C7H8F6O. The Hall–Kier alpha value is -0.460. The summed E-state index contributed by atoms with van der Waals surface area (Å²) in [5, 5.41) is 0. The van der Waals surface area contributed by atoms with Crippen LogP contribution >= 0.6 is 0 Å². The lowest BCUT2D eigenvalue weighted by atomic mass is 9.96. The van der Waals surface area contributed by atoms with Gasteiger partial charge in [0.05, 0.1) is 0 Å². The van der Waals surface area contributed by atoms with E-state index in [1.807, 2.05) is 0 Å². The number of hydrogen-bond donors (Lipinski definition) is 0. The molecular weight excluding hydrogens is 214 g/mol. The zero-order valence-corrected chi connectivity index (χ0v) is 7.33. The van der Waals surface area contributed by atoms with Crippen LogP contribution in [0, 0.1) is 5.92 Å². The predicted molar refractivity (Wildman–Crippen MR) is 34.6 cm³/mol. The van der Waals surface area contributed by atoms with E-state index in [1.165, 1.54) is 13.8 Å². The van der Waals surface area contributed by atoms with Gasteiger partial charge in [0.1, 0.15) is 6.10 Å². The van der Waals surface area contributed by atoms with Crippen molar-refractivity contribution in [3.8, 4) is 0 Å². The monoisotopic (exact) mass is 222 g/mol. The van der Waals surface area contributed by atoms with Crippen molar-refractivity contribution in [1.82, 2.24) is 0 Å². The standard InChI is InChI=1S/C7H8F6O/c1-3(2)4-5(14-4,6(8,9)10)7(11,12)13/h3-4H,1-2H3/t4-/m0/s1. The molecule has 1 atom stereocenters. The SMILES string of the molecule is CC(C)[C@@H]1OC1(C(F)(F)F)C(F)(F)F. The van der Waals surface area contributed by atoms with Gasteiger partial charge in [-0.1, -0.05) is 13.8 Å². The van der Waals surface area contributed by atoms with Gasteiger partial charge in [-0.3, -0.25) is 0 Å². The first-order valence-electron chi connectivity index (χ1n) is 3.85. The van der Waals surface area contributed by atoms with E-state index in [-0.39, 0.29) is 0 Å². The smallest absolute Gasteiger partial charge is 0.349 e. The van der Waals surface area contributed by atoms with E-state index in [0.717, 1.165) is 0 Å². The third-order valence-electron chi connectivity index (χ3n) is 2.10. The highest BCUT2D eigenvalue weighted by Crippen LogP contribution is 2.60. The Morgan fingerprint density at radius 3 is 1.43 bits per heavy atom. The number of rotatable bonds is 1. The van der Waals surface area contributed by atoms with Gasteiger partial charge in [-0.15, -0.1) is 0 Å². The molecule has 0 aliphatic carbocycles. The molecule has 1 saturated heterocycles. The molecule has 0 saturated carbocycles. The van der Waals surface area contributed by atoms with E-state index in [4.69, 9.17) is 0 Å². The van der Waals surface area contributed by atoms with Gasteiger partial charge in [0.25, 0.3) is 5.60 Å². The van der Waals surface area contributed by atoms with Crippen molar-refractivity contribution < 1.29 is 31.1 Å². The Morgan fingerprint density at radius 1 is 1.00 bits per heavy atom. The largest absolute Gasteiger partial charge is 0.429 e. The summed E-state index contributed by atoms with van der Waals surface area (Å²) >= 11 is 0. The van der Waals surface area contributed by atoms with Gasteiger partial charge >= 0.3 is 12.4 Å². The van der Waals surface area contributed by atoms with Crippen LogP contribution in [0.5, 0.6) is 0 Å². The zero-order valence-electron chi connectivity index (χ0n) is 7.33. The van der Waals surface area contributed by atoms with Crippen molar-refractivity contribution in [3.63, 3.8) is 0 Å². The molecule has 0 aromatic carbocycles. The minimum absolute atomic E-state index is 0.821. The second-order valence-corrected chi connectivity index (χ2v) is 3.51. The molecule has 1 rings (SSSR count). The Morgan fingerprint density at radius 2 is 1.36 bits per heavy atom. The molecule has 0 spiro atoms. The molecule has 84 valence electrons. The van der Waals surface area contributed by atoms with Gasteiger partial charge in [0, 0.05) is 0 Å². The molecule has 0 aromatic rings. The minimum Gasteiger partial charge on any atom is -0.349 e. The normalized spacial score (nSPS) is 26.8. The third-order valence-corrected chi connectivity index (χ3v) is 2.10. The molecule has 1 aliphatic rings. The van der Waals surface area contributed by atoms with Crippen molar-refractivity contribution in [3.05, 3.63) is 0 Å². The van der Waals surface area contributed by atoms with E-state index < -0.39 is 30.0 Å². The molecule has 1 heterocycles. The van der Waals surface area contributed by atoms with Crippen LogP contribution < -0.4 is 0 Å². The summed E-state index contributed by atoms with van der Waals surface area (Å²) in [5.74, 6) is -0.821.